The van der Waals surface area contributed by atoms with Gasteiger partial charge in [0.2, 0.25) is 0 Å². The van der Waals surface area contributed by atoms with E-state index in [1.165, 1.54) is 51.5 Å². The quantitative estimate of drug-likeness (QED) is 0.459. The van der Waals surface area contributed by atoms with E-state index in [-0.39, 0.29) is 18.1 Å². The highest BCUT2D eigenvalue weighted by Crippen LogP contribution is 2.50. The molecule has 3 aliphatic carbocycles. The smallest absolute Gasteiger partial charge is 0.0749 e. The van der Waals surface area contributed by atoms with Gasteiger partial charge in [-0.15, -0.1) is 0 Å². The van der Waals surface area contributed by atoms with Crippen molar-refractivity contribution in [2.24, 2.45) is 23.7 Å². The number of fused-ring (bicyclic) bond motifs is 1. The van der Waals surface area contributed by atoms with Gasteiger partial charge < -0.3 is 15.1 Å². The maximum atomic E-state index is 10.5. The molecule has 3 heteroatoms. The molecule has 154 valence electrons. The summed E-state index contributed by atoms with van der Waals surface area (Å²) in [6, 6.07) is 0. The minimum absolute atomic E-state index is 0.209. The lowest BCUT2D eigenvalue weighted by Crippen LogP contribution is -2.19. The van der Waals surface area contributed by atoms with Crippen LogP contribution in [0.25, 0.3) is 0 Å². The van der Waals surface area contributed by atoms with Gasteiger partial charge in [0.05, 0.1) is 12.2 Å². The highest BCUT2D eigenvalue weighted by atomic mass is 16.3. The fourth-order valence-electron chi connectivity index (χ4n) is 5.69. The van der Waals surface area contributed by atoms with E-state index in [0.29, 0.717) is 17.8 Å². The van der Waals surface area contributed by atoms with Crippen LogP contribution in [0.2, 0.25) is 0 Å². The summed E-state index contributed by atoms with van der Waals surface area (Å²) in [6.07, 6.45) is 19.4. The molecule has 3 aliphatic rings. The molecule has 0 unspecified atom stereocenters. The number of aliphatic hydroxyl groups excluding tert-OH is 2. The molecule has 3 nitrogen and oxygen atoms in total. The number of allylic oxidation sites excluding steroid dienone is 2. The van der Waals surface area contributed by atoms with Crippen LogP contribution in [-0.2, 0) is 0 Å². The highest BCUT2D eigenvalue weighted by molar-refractivity contribution is 5.18. The molecule has 5 atom stereocenters. The van der Waals surface area contributed by atoms with Gasteiger partial charge in [-0.1, -0.05) is 43.1 Å². The Morgan fingerprint density at radius 3 is 2.63 bits per heavy atom. The molecule has 0 aromatic carbocycles. The fourth-order valence-corrected chi connectivity index (χ4v) is 5.69. The molecular weight excluding hydrogens is 334 g/mol. The Morgan fingerprint density at radius 2 is 1.89 bits per heavy atom. The van der Waals surface area contributed by atoms with E-state index in [4.69, 9.17) is 0 Å². The molecule has 0 aromatic rings. The average molecular weight is 376 g/mol. The van der Waals surface area contributed by atoms with Gasteiger partial charge in [-0.05, 0) is 89.8 Å². The first kappa shape index (κ1) is 21.1. The molecule has 2 N–H and O–H groups in total. The molecule has 27 heavy (non-hydrogen) atoms. The van der Waals surface area contributed by atoms with Crippen molar-refractivity contribution < 1.29 is 10.2 Å². The van der Waals surface area contributed by atoms with E-state index in [2.05, 4.69) is 31.1 Å². The van der Waals surface area contributed by atoms with Crippen LogP contribution in [0.4, 0.5) is 0 Å². The number of aliphatic hydroxyl groups is 2. The van der Waals surface area contributed by atoms with Gasteiger partial charge in [-0.25, -0.2) is 0 Å². The topological polar surface area (TPSA) is 43.7 Å². The van der Waals surface area contributed by atoms with Crippen LogP contribution in [0.1, 0.15) is 70.6 Å². The first-order valence-electron chi connectivity index (χ1n) is 11.4. The summed E-state index contributed by atoms with van der Waals surface area (Å²) < 4.78 is 0. The lowest BCUT2D eigenvalue weighted by molar-refractivity contribution is 0.135. The van der Waals surface area contributed by atoms with Crippen LogP contribution < -0.4 is 0 Å². The molecule has 0 aromatic heterocycles. The third kappa shape index (κ3) is 5.92. The molecule has 0 saturated heterocycles. The Bertz CT molecular complexity index is 507. The normalized spacial score (nSPS) is 34.3. The van der Waals surface area contributed by atoms with E-state index >= 15 is 0 Å². The second-order valence-electron chi connectivity index (χ2n) is 9.65. The number of hydrogen-bond acceptors (Lipinski definition) is 3. The van der Waals surface area contributed by atoms with Crippen LogP contribution in [-0.4, -0.2) is 48.0 Å². The molecule has 0 radical (unpaired) electrons. The number of rotatable bonds is 9. The third-order valence-electron chi connectivity index (χ3n) is 7.27. The monoisotopic (exact) mass is 375 g/mol. The van der Waals surface area contributed by atoms with Crippen molar-refractivity contribution in [3.63, 3.8) is 0 Å². The lowest BCUT2D eigenvalue weighted by Gasteiger charge is -2.19. The fraction of sp³-hybridized carbons (Fsp3) is 0.833. The van der Waals surface area contributed by atoms with Crippen molar-refractivity contribution >= 4 is 0 Å². The number of nitrogens with zero attached hydrogens (tertiary/aromatic N) is 1. The summed E-state index contributed by atoms with van der Waals surface area (Å²) in [5.41, 5.74) is 1.62. The van der Waals surface area contributed by atoms with E-state index in [1.807, 2.05) is 6.08 Å². The number of unbranched alkanes of at least 4 members (excludes halogenated alkanes) is 3. The van der Waals surface area contributed by atoms with Crippen LogP contribution in [0, 0.1) is 23.7 Å². The Hall–Kier alpha value is -0.640. The predicted octanol–water partition coefficient (Wildman–Crippen LogP) is 4.55. The van der Waals surface area contributed by atoms with E-state index < -0.39 is 0 Å². The summed E-state index contributed by atoms with van der Waals surface area (Å²) >= 11 is 0. The Labute approximate surface area is 166 Å². The third-order valence-corrected chi connectivity index (χ3v) is 7.27. The van der Waals surface area contributed by atoms with Crippen molar-refractivity contribution in [2.75, 3.05) is 20.6 Å². The van der Waals surface area contributed by atoms with Crippen molar-refractivity contribution in [1.29, 1.82) is 0 Å². The van der Waals surface area contributed by atoms with Gasteiger partial charge in [0.25, 0.3) is 0 Å². The minimum atomic E-state index is -0.308. The summed E-state index contributed by atoms with van der Waals surface area (Å²) in [6.45, 7) is 1.19. The van der Waals surface area contributed by atoms with Crippen molar-refractivity contribution in [3.8, 4) is 0 Å². The first-order chi connectivity index (χ1) is 13.0. The standard InChI is InChI=1S/C24H41NO2/c1-25(2)14-8-4-3-5-9-18-15-20-17-24(27)21(22(20)16-18)12-13-23(26)19-10-6-7-11-19/h9,12-13,19-24,26-27H,3-8,10-11,14-17H2,1-2H3/t20-,21+,22-,23+,24+/m0/s1. The minimum Gasteiger partial charge on any atom is -0.392 e. The highest BCUT2D eigenvalue weighted by Gasteiger charge is 2.45. The summed E-state index contributed by atoms with van der Waals surface area (Å²) in [4.78, 5) is 2.26. The van der Waals surface area contributed by atoms with E-state index in [9.17, 15) is 10.2 Å². The van der Waals surface area contributed by atoms with Crippen LogP contribution in [0.15, 0.2) is 23.8 Å². The molecule has 3 saturated carbocycles. The molecule has 0 heterocycles. The van der Waals surface area contributed by atoms with Crippen molar-refractivity contribution in [1.82, 2.24) is 4.90 Å². The van der Waals surface area contributed by atoms with Crippen LogP contribution in [0.5, 0.6) is 0 Å². The zero-order valence-electron chi connectivity index (χ0n) is 17.5. The van der Waals surface area contributed by atoms with E-state index in [1.54, 1.807) is 5.57 Å². The van der Waals surface area contributed by atoms with Crippen LogP contribution in [0.3, 0.4) is 0 Å². The Morgan fingerprint density at radius 1 is 1.11 bits per heavy atom. The lowest BCUT2D eigenvalue weighted by atomic mass is 9.89. The van der Waals surface area contributed by atoms with Gasteiger partial charge in [0, 0.05) is 5.92 Å². The molecule has 3 fully saturated rings. The first-order valence-corrected chi connectivity index (χ1v) is 11.4. The average Bonchev–Trinajstić information content (AvgIpc) is 3.33. The maximum absolute atomic E-state index is 10.5. The second-order valence-corrected chi connectivity index (χ2v) is 9.65. The zero-order valence-corrected chi connectivity index (χ0v) is 17.5. The number of hydrogen-bond donors (Lipinski definition) is 2. The molecule has 0 bridgehead atoms. The SMILES string of the molecule is CN(C)CCCCCC=C1C[C@H]2C[C@@H](O)[C@H](C=C[C@@H](O)C3CCCC3)[C@H]2C1. The summed E-state index contributed by atoms with van der Waals surface area (Å²) in [5.74, 6) is 1.93. The Kier molecular flexibility index (Phi) is 7.98. The largest absolute Gasteiger partial charge is 0.392 e. The Balaban J connectivity index is 1.44. The zero-order chi connectivity index (χ0) is 19.2. The van der Waals surface area contributed by atoms with Gasteiger partial charge in [-0.2, -0.15) is 0 Å². The summed E-state index contributed by atoms with van der Waals surface area (Å²) in [5, 5.41) is 20.9. The maximum Gasteiger partial charge on any atom is 0.0749 e. The van der Waals surface area contributed by atoms with Gasteiger partial charge in [0.1, 0.15) is 0 Å². The van der Waals surface area contributed by atoms with Gasteiger partial charge in [-0.3, -0.25) is 0 Å². The van der Waals surface area contributed by atoms with E-state index in [0.717, 1.165) is 25.7 Å². The van der Waals surface area contributed by atoms with Crippen LogP contribution >= 0.6 is 0 Å². The molecular formula is C24H41NO2. The van der Waals surface area contributed by atoms with Crippen molar-refractivity contribution in [2.45, 2.75) is 82.8 Å². The predicted molar refractivity (Wildman–Crippen MR) is 113 cm³/mol. The van der Waals surface area contributed by atoms with Crippen molar-refractivity contribution in [3.05, 3.63) is 23.8 Å². The molecule has 3 rings (SSSR count). The molecule has 0 spiro atoms. The van der Waals surface area contributed by atoms with Gasteiger partial charge >= 0.3 is 0 Å². The molecule has 0 aliphatic heterocycles. The van der Waals surface area contributed by atoms with Gasteiger partial charge in [0.15, 0.2) is 0 Å². The second kappa shape index (κ2) is 10.2. The summed E-state index contributed by atoms with van der Waals surface area (Å²) in [7, 11) is 4.29. The molecule has 0 amide bonds.